The molecule has 1 rings (SSSR count). The number of carbonyl (C=O) groups is 1. The molecule has 1 aliphatic rings. The van der Waals surface area contributed by atoms with Crippen molar-refractivity contribution in [3.63, 3.8) is 0 Å². The van der Waals surface area contributed by atoms with Crippen LogP contribution in [0.25, 0.3) is 0 Å². The molecule has 1 fully saturated rings. The molecular formula is C10H21NO. The highest BCUT2D eigenvalue weighted by Gasteiger charge is 2.17. The van der Waals surface area contributed by atoms with Crippen LogP contribution in [0.4, 0.5) is 0 Å². The molecule has 2 heteroatoms. The topological polar surface area (TPSA) is 20.3 Å². The van der Waals surface area contributed by atoms with Gasteiger partial charge in [-0.2, -0.15) is 0 Å². The minimum atomic E-state index is 0. The largest absolute Gasteiger partial charge is 0.343 e. The van der Waals surface area contributed by atoms with Gasteiger partial charge in [-0.15, -0.1) is 0 Å². The maximum absolute atomic E-state index is 11.4. The lowest BCUT2D eigenvalue weighted by Crippen LogP contribution is -2.28. The van der Waals surface area contributed by atoms with Gasteiger partial charge in [-0.3, -0.25) is 4.79 Å². The summed E-state index contributed by atoms with van der Waals surface area (Å²) in [5.41, 5.74) is 0. The van der Waals surface area contributed by atoms with Crippen LogP contribution >= 0.6 is 0 Å². The highest BCUT2D eigenvalue weighted by Crippen LogP contribution is 2.11. The van der Waals surface area contributed by atoms with Crippen LogP contribution in [0.1, 0.15) is 40.5 Å². The fourth-order valence-electron chi connectivity index (χ4n) is 1.44. The molecule has 0 radical (unpaired) electrons. The van der Waals surface area contributed by atoms with Crippen LogP contribution in [0, 0.1) is 5.92 Å². The van der Waals surface area contributed by atoms with E-state index in [1.165, 1.54) is 12.8 Å². The van der Waals surface area contributed by atoms with Crippen molar-refractivity contribution in [2.45, 2.75) is 40.5 Å². The summed E-state index contributed by atoms with van der Waals surface area (Å²) >= 11 is 0. The Morgan fingerprint density at radius 2 is 1.83 bits per heavy atom. The summed E-state index contributed by atoms with van der Waals surface area (Å²) in [6, 6.07) is 0. The van der Waals surface area contributed by atoms with Crippen LogP contribution in [0.2, 0.25) is 0 Å². The summed E-state index contributed by atoms with van der Waals surface area (Å²) in [5.74, 6) is 0.848. The van der Waals surface area contributed by atoms with Gasteiger partial charge in [0.25, 0.3) is 0 Å². The number of hydrogen-bond donors (Lipinski definition) is 0. The third-order valence-electron chi connectivity index (χ3n) is 2.04. The molecule has 0 aromatic carbocycles. The molecule has 0 aromatic rings. The quantitative estimate of drug-likeness (QED) is 0.624. The fourth-order valence-corrected chi connectivity index (χ4v) is 1.44. The van der Waals surface area contributed by atoms with Crippen molar-refractivity contribution >= 4 is 5.91 Å². The molecule has 0 N–H and O–H groups in total. The zero-order chi connectivity index (χ0) is 8.27. The Kier molecular flexibility index (Phi) is 4.95. The first-order valence-electron chi connectivity index (χ1n) is 4.48. The Morgan fingerprint density at radius 1 is 1.33 bits per heavy atom. The van der Waals surface area contributed by atoms with Gasteiger partial charge in [0.15, 0.2) is 0 Å². The third kappa shape index (κ3) is 3.24. The van der Waals surface area contributed by atoms with E-state index < -0.39 is 0 Å². The molecule has 0 unspecified atom stereocenters. The van der Waals surface area contributed by atoms with Crippen molar-refractivity contribution < 1.29 is 4.79 Å². The standard InChI is InChI=1S/C9H17NO.CH4/c1-8(2)7-9(11)10-5-3-4-6-10;/h8H,3-7H2,1-2H3;1H4. The first-order chi connectivity index (χ1) is 5.20. The Morgan fingerprint density at radius 3 is 2.25 bits per heavy atom. The lowest BCUT2D eigenvalue weighted by molar-refractivity contribution is -0.130. The summed E-state index contributed by atoms with van der Waals surface area (Å²) in [7, 11) is 0. The van der Waals surface area contributed by atoms with Crippen molar-refractivity contribution in [2.75, 3.05) is 13.1 Å². The molecule has 1 heterocycles. The minimum Gasteiger partial charge on any atom is -0.343 e. The zero-order valence-electron chi connectivity index (χ0n) is 7.47. The summed E-state index contributed by atoms with van der Waals surface area (Å²) in [4.78, 5) is 13.4. The molecular weight excluding hydrogens is 150 g/mol. The second-order valence-corrected chi connectivity index (χ2v) is 3.69. The van der Waals surface area contributed by atoms with Crippen LogP contribution in [0.15, 0.2) is 0 Å². The molecule has 1 saturated heterocycles. The van der Waals surface area contributed by atoms with Crippen molar-refractivity contribution in [3.8, 4) is 0 Å². The normalized spacial score (nSPS) is 16.4. The Labute approximate surface area is 75.9 Å². The predicted octanol–water partition coefficient (Wildman–Crippen LogP) is 2.29. The molecule has 12 heavy (non-hydrogen) atoms. The van der Waals surface area contributed by atoms with Crippen LogP contribution in [-0.2, 0) is 4.79 Å². The summed E-state index contributed by atoms with van der Waals surface area (Å²) < 4.78 is 0. The highest BCUT2D eigenvalue weighted by atomic mass is 16.2. The van der Waals surface area contributed by atoms with E-state index in [9.17, 15) is 4.79 Å². The molecule has 0 bridgehead atoms. The van der Waals surface area contributed by atoms with E-state index >= 15 is 0 Å². The van der Waals surface area contributed by atoms with Gasteiger partial charge in [0.05, 0.1) is 0 Å². The molecule has 1 aliphatic heterocycles. The van der Waals surface area contributed by atoms with Gasteiger partial charge in [0.2, 0.25) is 5.91 Å². The third-order valence-corrected chi connectivity index (χ3v) is 2.04. The van der Waals surface area contributed by atoms with Crippen molar-refractivity contribution in [1.82, 2.24) is 4.90 Å². The number of carbonyl (C=O) groups excluding carboxylic acids is 1. The second kappa shape index (κ2) is 5.18. The monoisotopic (exact) mass is 171 g/mol. The van der Waals surface area contributed by atoms with E-state index in [1.807, 2.05) is 4.90 Å². The number of rotatable bonds is 2. The number of amides is 1. The molecule has 0 aliphatic carbocycles. The molecule has 2 nitrogen and oxygen atoms in total. The highest BCUT2D eigenvalue weighted by molar-refractivity contribution is 5.76. The summed E-state index contributed by atoms with van der Waals surface area (Å²) in [5, 5.41) is 0. The Bertz CT molecular complexity index is 137. The summed E-state index contributed by atoms with van der Waals surface area (Å²) in [6.45, 7) is 6.17. The van der Waals surface area contributed by atoms with E-state index in [2.05, 4.69) is 13.8 Å². The van der Waals surface area contributed by atoms with Crippen LogP contribution in [0.3, 0.4) is 0 Å². The first-order valence-corrected chi connectivity index (χ1v) is 4.48. The Balaban J connectivity index is 0.00000121. The van der Waals surface area contributed by atoms with Crippen molar-refractivity contribution in [1.29, 1.82) is 0 Å². The second-order valence-electron chi connectivity index (χ2n) is 3.69. The lowest BCUT2D eigenvalue weighted by Gasteiger charge is -2.16. The van der Waals surface area contributed by atoms with Gasteiger partial charge in [0, 0.05) is 19.5 Å². The van der Waals surface area contributed by atoms with Gasteiger partial charge in [-0.25, -0.2) is 0 Å². The van der Waals surface area contributed by atoms with Crippen LogP contribution in [-0.4, -0.2) is 23.9 Å². The molecule has 0 aromatic heterocycles. The van der Waals surface area contributed by atoms with Crippen molar-refractivity contribution in [3.05, 3.63) is 0 Å². The van der Waals surface area contributed by atoms with Gasteiger partial charge in [0.1, 0.15) is 0 Å². The maximum Gasteiger partial charge on any atom is 0.222 e. The fraction of sp³-hybridized carbons (Fsp3) is 0.900. The van der Waals surface area contributed by atoms with E-state index in [4.69, 9.17) is 0 Å². The Hall–Kier alpha value is -0.530. The van der Waals surface area contributed by atoms with Crippen molar-refractivity contribution in [2.24, 2.45) is 5.92 Å². The van der Waals surface area contributed by atoms with Gasteiger partial charge in [-0.1, -0.05) is 21.3 Å². The van der Waals surface area contributed by atoms with Gasteiger partial charge in [-0.05, 0) is 18.8 Å². The van der Waals surface area contributed by atoms with Crippen LogP contribution in [0.5, 0.6) is 0 Å². The van der Waals surface area contributed by atoms with E-state index in [0.29, 0.717) is 11.8 Å². The predicted molar refractivity (Wildman–Crippen MR) is 52.0 cm³/mol. The minimum absolute atomic E-state index is 0. The van der Waals surface area contributed by atoms with Gasteiger partial charge < -0.3 is 4.90 Å². The molecule has 72 valence electrons. The molecule has 0 spiro atoms. The smallest absolute Gasteiger partial charge is 0.222 e. The van der Waals surface area contributed by atoms with Gasteiger partial charge >= 0.3 is 0 Å². The lowest BCUT2D eigenvalue weighted by atomic mass is 10.1. The van der Waals surface area contributed by atoms with Crippen LogP contribution < -0.4 is 0 Å². The number of hydrogen-bond acceptors (Lipinski definition) is 1. The average Bonchev–Trinajstić information content (AvgIpc) is 2.35. The summed E-state index contributed by atoms with van der Waals surface area (Å²) in [6.07, 6.45) is 3.12. The van der Waals surface area contributed by atoms with E-state index in [1.54, 1.807) is 0 Å². The number of nitrogens with zero attached hydrogens (tertiary/aromatic N) is 1. The average molecular weight is 171 g/mol. The maximum atomic E-state index is 11.4. The van der Waals surface area contributed by atoms with E-state index in [0.717, 1.165) is 19.5 Å². The number of likely N-dealkylation sites (tertiary alicyclic amines) is 1. The molecule has 1 amide bonds. The molecule has 0 saturated carbocycles. The zero-order valence-corrected chi connectivity index (χ0v) is 7.47. The first kappa shape index (κ1) is 11.5. The SMILES string of the molecule is C.CC(C)CC(=O)N1CCCC1. The van der Waals surface area contributed by atoms with E-state index in [-0.39, 0.29) is 7.43 Å². The molecule has 0 atom stereocenters.